The van der Waals surface area contributed by atoms with Crippen LogP contribution < -0.4 is 15.0 Å². The summed E-state index contributed by atoms with van der Waals surface area (Å²) < 4.78 is 15.6. The summed E-state index contributed by atoms with van der Waals surface area (Å²) in [5.74, 6) is 0.843. The second kappa shape index (κ2) is 9.24. The van der Waals surface area contributed by atoms with Crippen LogP contribution in [0.1, 0.15) is 33.5 Å². The van der Waals surface area contributed by atoms with Crippen molar-refractivity contribution in [1.82, 2.24) is 9.97 Å². The Balaban J connectivity index is 1.92. The second-order valence-corrected chi connectivity index (χ2v) is 7.10. The number of H-pyrrole nitrogens is 1. The van der Waals surface area contributed by atoms with Crippen molar-refractivity contribution in [3.8, 4) is 17.6 Å². The van der Waals surface area contributed by atoms with Crippen molar-refractivity contribution in [2.75, 3.05) is 20.3 Å². The molecule has 0 aliphatic rings. The number of thiophene rings is 1. The number of carbonyl (C=O) groups excluding carboxylic acids is 1. The van der Waals surface area contributed by atoms with E-state index in [1.807, 2.05) is 6.07 Å². The van der Waals surface area contributed by atoms with Gasteiger partial charge in [-0.2, -0.15) is 5.26 Å². The summed E-state index contributed by atoms with van der Waals surface area (Å²) in [6.45, 7) is 3.62. The zero-order chi connectivity index (χ0) is 21.7. The number of ether oxygens (including phenoxy) is 3. The van der Waals surface area contributed by atoms with Crippen molar-refractivity contribution in [3.63, 3.8) is 0 Å². The lowest BCUT2D eigenvalue weighted by Crippen LogP contribution is -2.10. The highest BCUT2D eigenvalue weighted by Crippen LogP contribution is 2.29. The van der Waals surface area contributed by atoms with Gasteiger partial charge in [-0.25, -0.2) is 9.78 Å². The van der Waals surface area contributed by atoms with E-state index in [9.17, 15) is 9.59 Å². The van der Waals surface area contributed by atoms with E-state index < -0.39 is 5.97 Å². The molecule has 8 nitrogen and oxygen atoms in total. The Morgan fingerprint density at radius 2 is 2.13 bits per heavy atom. The van der Waals surface area contributed by atoms with E-state index in [2.05, 4.69) is 9.97 Å². The van der Waals surface area contributed by atoms with E-state index in [0.29, 0.717) is 38.0 Å². The summed E-state index contributed by atoms with van der Waals surface area (Å²) in [4.78, 5) is 32.6. The number of nitrogens with one attached hydrogen (secondary N) is 1. The first-order chi connectivity index (χ1) is 14.5. The first-order valence-corrected chi connectivity index (χ1v) is 9.86. The summed E-state index contributed by atoms with van der Waals surface area (Å²) in [5, 5.41) is 9.03. The van der Waals surface area contributed by atoms with Crippen LogP contribution in [0.25, 0.3) is 22.4 Å². The fourth-order valence-corrected chi connectivity index (χ4v) is 3.91. The number of carbonyl (C=O) groups is 1. The number of rotatable bonds is 7. The predicted octanol–water partition coefficient (Wildman–Crippen LogP) is 3.55. The fourth-order valence-electron chi connectivity index (χ4n) is 2.82. The maximum Gasteiger partial charge on any atom is 0.348 e. The van der Waals surface area contributed by atoms with Crippen molar-refractivity contribution >= 4 is 39.7 Å². The number of nitrogens with zero attached hydrogens (tertiary/aromatic N) is 2. The van der Waals surface area contributed by atoms with Gasteiger partial charge in [-0.05, 0) is 43.2 Å². The molecule has 3 aromatic rings. The number of aromatic amines is 1. The van der Waals surface area contributed by atoms with Gasteiger partial charge in [0.1, 0.15) is 21.6 Å². The first-order valence-electron chi connectivity index (χ1n) is 9.04. The molecule has 0 atom stereocenters. The number of hydrogen-bond donors (Lipinski definition) is 1. The highest BCUT2D eigenvalue weighted by atomic mass is 32.1. The van der Waals surface area contributed by atoms with Crippen LogP contribution in [0.4, 0.5) is 0 Å². The summed E-state index contributed by atoms with van der Waals surface area (Å²) in [6, 6.07) is 7.14. The summed E-state index contributed by atoms with van der Waals surface area (Å²) in [5.41, 5.74) is 1.03. The average Bonchev–Trinajstić information content (AvgIpc) is 3.08. The molecule has 0 radical (unpaired) electrons. The summed E-state index contributed by atoms with van der Waals surface area (Å²) in [6.07, 6.45) is 3.41. The molecule has 9 heteroatoms. The van der Waals surface area contributed by atoms with E-state index in [4.69, 9.17) is 19.5 Å². The number of esters is 1. The minimum absolute atomic E-state index is 0.0786. The first kappa shape index (κ1) is 21.1. The Labute approximate surface area is 176 Å². The van der Waals surface area contributed by atoms with Gasteiger partial charge in [-0.15, -0.1) is 11.3 Å². The normalized spacial score (nSPS) is 10.9. The van der Waals surface area contributed by atoms with Crippen molar-refractivity contribution in [2.45, 2.75) is 13.8 Å². The van der Waals surface area contributed by atoms with Crippen molar-refractivity contribution in [2.24, 2.45) is 0 Å². The van der Waals surface area contributed by atoms with Crippen molar-refractivity contribution in [1.29, 1.82) is 5.26 Å². The van der Waals surface area contributed by atoms with Crippen LogP contribution in [0, 0.1) is 18.3 Å². The fraction of sp³-hybridized carbons (Fsp3) is 0.238. The summed E-state index contributed by atoms with van der Waals surface area (Å²) in [7, 11) is 1.51. The quantitative estimate of drug-likeness (QED) is 0.576. The van der Waals surface area contributed by atoms with Gasteiger partial charge in [-0.3, -0.25) is 4.79 Å². The molecule has 0 spiro atoms. The molecule has 0 aliphatic heterocycles. The molecule has 1 N–H and O–H groups in total. The van der Waals surface area contributed by atoms with Crippen molar-refractivity contribution < 1.29 is 19.0 Å². The van der Waals surface area contributed by atoms with Gasteiger partial charge >= 0.3 is 5.97 Å². The van der Waals surface area contributed by atoms with E-state index in [-0.39, 0.29) is 18.8 Å². The number of benzene rings is 1. The van der Waals surface area contributed by atoms with Crippen LogP contribution >= 0.6 is 11.3 Å². The molecule has 2 aromatic heterocycles. The van der Waals surface area contributed by atoms with Gasteiger partial charge < -0.3 is 19.2 Å². The number of methoxy groups -OCH3 is 1. The Kier molecular flexibility index (Phi) is 6.49. The van der Waals surface area contributed by atoms with E-state index in [1.54, 1.807) is 44.2 Å². The smallest absolute Gasteiger partial charge is 0.348 e. The molecule has 0 aliphatic carbocycles. The van der Waals surface area contributed by atoms with Crippen molar-refractivity contribution in [3.05, 3.63) is 50.4 Å². The predicted molar refractivity (Wildman–Crippen MR) is 114 cm³/mol. The second-order valence-electron chi connectivity index (χ2n) is 6.10. The molecular formula is C21H19N3O5S. The molecule has 3 rings (SSSR count). The molecule has 154 valence electrons. The Morgan fingerprint density at radius 1 is 1.33 bits per heavy atom. The monoisotopic (exact) mass is 425 g/mol. The van der Waals surface area contributed by atoms with E-state index in [1.165, 1.54) is 7.11 Å². The standard InChI is InChI=1S/C21H19N3O5S/c1-4-28-21(26)18-12(2)17-19(25)23-16(24-20(17)30-18)8-6-13-5-7-14(29-10-9-22)15(11-13)27-3/h5-8,11H,4,10H2,1-3H3,(H,23,24,25)/b8-6+. The molecule has 0 saturated carbocycles. The number of nitriles is 1. The van der Waals surface area contributed by atoms with E-state index in [0.717, 1.165) is 16.9 Å². The van der Waals surface area contributed by atoms with Gasteiger partial charge in [0.05, 0.1) is 19.1 Å². The van der Waals surface area contributed by atoms with Gasteiger partial charge in [0, 0.05) is 0 Å². The zero-order valence-electron chi connectivity index (χ0n) is 16.6. The van der Waals surface area contributed by atoms with Crippen LogP contribution in [0.3, 0.4) is 0 Å². The lowest BCUT2D eigenvalue weighted by Gasteiger charge is -2.08. The SMILES string of the molecule is CCOC(=O)c1sc2nc(/C=C/c3ccc(OCC#N)c(OC)c3)[nH]c(=O)c2c1C. The molecule has 2 heterocycles. The number of aromatic nitrogens is 2. The lowest BCUT2D eigenvalue weighted by molar-refractivity contribution is 0.0531. The third kappa shape index (κ3) is 4.34. The van der Waals surface area contributed by atoms with Crippen LogP contribution in [0.5, 0.6) is 11.5 Å². The van der Waals surface area contributed by atoms with Crippen LogP contribution in [-0.2, 0) is 4.74 Å². The molecule has 0 bridgehead atoms. The van der Waals surface area contributed by atoms with Crippen LogP contribution in [-0.4, -0.2) is 36.3 Å². The molecule has 0 amide bonds. The Morgan fingerprint density at radius 3 is 2.83 bits per heavy atom. The summed E-state index contributed by atoms with van der Waals surface area (Å²) >= 11 is 1.14. The average molecular weight is 425 g/mol. The highest BCUT2D eigenvalue weighted by Gasteiger charge is 2.19. The lowest BCUT2D eigenvalue weighted by atomic mass is 10.2. The molecule has 0 fully saturated rings. The zero-order valence-corrected chi connectivity index (χ0v) is 17.5. The molecule has 0 saturated heterocycles. The number of aryl methyl sites for hydroxylation is 1. The molecule has 0 unspecified atom stereocenters. The van der Waals surface area contributed by atoms with Crippen LogP contribution in [0.15, 0.2) is 23.0 Å². The van der Waals surface area contributed by atoms with Gasteiger partial charge in [0.2, 0.25) is 0 Å². The molecular weight excluding hydrogens is 406 g/mol. The topological polar surface area (TPSA) is 114 Å². The minimum Gasteiger partial charge on any atom is -0.493 e. The molecule has 30 heavy (non-hydrogen) atoms. The van der Waals surface area contributed by atoms with Gasteiger partial charge in [0.15, 0.2) is 18.1 Å². The van der Waals surface area contributed by atoms with Crippen LogP contribution in [0.2, 0.25) is 0 Å². The van der Waals surface area contributed by atoms with E-state index >= 15 is 0 Å². The third-order valence-electron chi connectivity index (χ3n) is 4.19. The maximum absolute atomic E-state index is 12.5. The highest BCUT2D eigenvalue weighted by molar-refractivity contribution is 7.20. The van der Waals surface area contributed by atoms with Gasteiger partial charge in [-0.1, -0.05) is 12.1 Å². The Bertz CT molecular complexity index is 1220. The largest absolute Gasteiger partial charge is 0.493 e. The maximum atomic E-state index is 12.5. The number of hydrogen-bond acceptors (Lipinski definition) is 8. The number of fused-ring (bicyclic) bond motifs is 1. The van der Waals surface area contributed by atoms with Gasteiger partial charge in [0.25, 0.3) is 5.56 Å². The molecule has 1 aromatic carbocycles. The Hall–Kier alpha value is -3.64. The minimum atomic E-state index is -0.458. The third-order valence-corrected chi connectivity index (χ3v) is 5.36.